The van der Waals surface area contributed by atoms with Crippen LogP contribution in [0.4, 0.5) is 5.69 Å². The van der Waals surface area contributed by atoms with Crippen LogP contribution in [0.1, 0.15) is 26.2 Å². The average Bonchev–Trinajstić information content (AvgIpc) is 2.89. The molecule has 0 spiro atoms. The molecule has 84 valence electrons. The Hall–Kier alpha value is -1.51. The number of nitrogens with zero attached hydrogens (tertiary/aromatic N) is 1. The zero-order valence-corrected chi connectivity index (χ0v) is 9.53. The fraction of sp³-hybridized carbons (Fsp3) is 0.462. The molecule has 0 saturated heterocycles. The van der Waals surface area contributed by atoms with Crippen LogP contribution in [0.25, 0.3) is 10.9 Å². The summed E-state index contributed by atoms with van der Waals surface area (Å²) in [6, 6.07) is 6.92. The van der Waals surface area contributed by atoms with Gasteiger partial charge in [0.1, 0.15) is 0 Å². The number of aromatic nitrogens is 2. The minimum atomic E-state index is 0.619. The van der Waals surface area contributed by atoms with E-state index in [9.17, 15) is 0 Å². The molecule has 0 aliphatic heterocycles. The van der Waals surface area contributed by atoms with Gasteiger partial charge in [0.15, 0.2) is 0 Å². The van der Waals surface area contributed by atoms with E-state index in [0.717, 1.165) is 11.4 Å². The number of anilines is 1. The van der Waals surface area contributed by atoms with E-state index in [1.807, 2.05) is 6.20 Å². The van der Waals surface area contributed by atoms with Crippen LogP contribution in [-0.2, 0) is 0 Å². The maximum Gasteiger partial charge on any atom is 0.0881 e. The van der Waals surface area contributed by atoms with E-state index >= 15 is 0 Å². The quantitative estimate of drug-likeness (QED) is 0.807. The minimum Gasteiger partial charge on any atom is -0.380 e. The summed E-state index contributed by atoms with van der Waals surface area (Å²) in [5, 5.41) is 12.0. The van der Waals surface area contributed by atoms with E-state index in [1.165, 1.54) is 30.3 Å². The monoisotopic (exact) mass is 215 g/mol. The summed E-state index contributed by atoms with van der Waals surface area (Å²) in [5.41, 5.74) is 2.32. The van der Waals surface area contributed by atoms with Crippen LogP contribution < -0.4 is 5.32 Å². The first kappa shape index (κ1) is 9.70. The molecule has 1 aromatic heterocycles. The third-order valence-electron chi connectivity index (χ3n) is 3.68. The first-order valence-electron chi connectivity index (χ1n) is 6.03. The van der Waals surface area contributed by atoms with E-state index in [0.29, 0.717) is 6.04 Å². The number of hydrogen-bond acceptors (Lipinski definition) is 2. The van der Waals surface area contributed by atoms with Crippen molar-refractivity contribution >= 4 is 16.6 Å². The molecule has 3 nitrogen and oxygen atoms in total. The standard InChI is InChI=1S/C13H17N3/c1-9-4-2-6-11(9)15-12-7-3-5-10-8-14-16-13(10)12/h3,5,7-9,11,15H,2,4,6H2,1H3,(H,14,16). The van der Waals surface area contributed by atoms with Crippen molar-refractivity contribution in [2.45, 2.75) is 32.2 Å². The highest BCUT2D eigenvalue weighted by atomic mass is 15.1. The van der Waals surface area contributed by atoms with E-state index in [-0.39, 0.29) is 0 Å². The number of fused-ring (bicyclic) bond motifs is 1. The molecular formula is C13H17N3. The molecule has 1 heterocycles. The van der Waals surface area contributed by atoms with Gasteiger partial charge in [-0.15, -0.1) is 0 Å². The second-order valence-electron chi connectivity index (χ2n) is 4.80. The number of rotatable bonds is 2. The van der Waals surface area contributed by atoms with Crippen molar-refractivity contribution in [3.05, 3.63) is 24.4 Å². The summed E-state index contributed by atoms with van der Waals surface area (Å²) in [7, 11) is 0. The number of H-pyrrole nitrogens is 1. The lowest BCUT2D eigenvalue weighted by Crippen LogP contribution is -2.21. The molecule has 0 amide bonds. The maximum absolute atomic E-state index is 4.09. The third-order valence-corrected chi connectivity index (χ3v) is 3.68. The molecule has 2 atom stereocenters. The zero-order chi connectivity index (χ0) is 11.0. The molecule has 0 bridgehead atoms. The lowest BCUT2D eigenvalue weighted by Gasteiger charge is -2.18. The van der Waals surface area contributed by atoms with E-state index in [1.54, 1.807) is 0 Å². The fourth-order valence-electron chi connectivity index (χ4n) is 2.65. The van der Waals surface area contributed by atoms with Crippen molar-refractivity contribution < 1.29 is 0 Å². The van der Waals surface area contributed by atoms with Gasteiger partial charge in [-0.3, -0.25) is 5.10 Å². The Labute approximate surface area is 95.2 Å². The number of para-hydroxylation sites is 1. The van der Waals surface area contributed by atoms with Gasteiger partial charge >= 0.3 is 0 Å². The molecule has 1 aliphatic carbocycles. The fourth-order valence-corrected chi connectivity index (χ4v) is 2.65. The van der Waals surface area contributed by atoms with Gasteiger partial charge in [-0.25, -0.2) is 0 Å². The largest absolute Gasteiger partial charge is 0.380 e. The molecule has 1 aromatic carbocycles. The van der Waals surface area contributed by atoms with Gasteiger partial charge in [0.2, 0.25) is 0 Å². The van der Waals surface area contributed by atoms with Crippen LogP contribution in [0.2, 0.25) is 0 Å². The summed E-state index contributed by atoms with van der Waals surface area (Å²) >= 11 is 0. The average molecular weight is 215 g/mol. The summed E-state index contributed by atoms with van der Waals surface area (Å²) in [6.45, 7) is 2.33. The van der Waals surface area contributed by atoms with Gasteiger partial charge in [0, 0.05) is 11.4 Å². The number of benzene rings is 1. The summed E-state index contributed by atoms with van der Waals surface area (Å²) in [4.78, 5) is 0. The molecule has 1 aliphatic rings. The van der Waals surface area contributed by atoms with E-state index in [2.05, 4.69) is 40.6 Å². The van der Waals surface area contributed by atoms with Crippen molar-refractivity contribution in [3.8, 4) is 0 Å². The highest BCUT2D eigenvalue weighted by Gasteiger charge is 2.23. The van der Waals surface area contributed by atoms with Gasteiger partial charge < -0.3 is 5.32 Å². The predicted molar refractivity (Wildman–Crippen MR) is 66.5 cm³/mol. The molecular weight excluding hydrogens is 198 g/mol. The molecule has 2 N–H and O–H groups in total. The van der Waals surface area contributed by atoms with Crippen molar-refractivity contribution in [1.29, 1.82) is 0 Å². The van der Waals surface area contributed by atoms with Crippen molar-refractivity contribution in [1.82, 2.24) is 10.2 Å². The van der Waals surface area contributed by atoms with Crippen LogP contribution in [-0.4, -0.2) is 16.2 Å². The van der Waals surface area contributed by atoms with Crippen molar-refractivity contribution in [2.75, 3.05) is 5.32 Å². The molecule has 3 heteroatoms. The number of hydrogen-bond donors (Lipinski definition) is 2. The lowest BCUT2D eigenvalue weighted by molar-refractivity contribution is 0.557. The smallest absolute Gasteiger partial charge is 0.0881 e. The second-order valence-corrected chi connectivity index (χ2v) is 4.80. The van der Waals surface area contributed by atoms with E-state index in [4.69, 9.17) is 0 Å². The van der Waals surface area contributed by atoms with Crippen LogP contribution in [0.15, 0.2) is 24.4 Å². The number of nitrogens with one attached hydrogen (secondary N) is 2. The first-order chi connectivity index (χ1) is 7.84. The van der Waals surface area contributed by atoms with E-state index < -0.39 is 0 Å². The van der Waals surface area contributed by atoms with Crippen LogP contribution in [0.3, 0.4) is 0 Å². The predicted octanol–water partition coefficient (Wildman–Crippen LogP) is 3.16. The Morgan fingerprint density at radius 3 is 3.12 bits per heavy atom. The van der Waals surface area contributed by atoms with Gasteiger partial charge in [0.05, 0.1) is 17.4 Å². The van der Waals surface area contributed by atoms with Crippen LogP contribution >= 0.6 is 0 Å². The van der Waals surface area contributed by atoms with Gasteiger partial charge in [-0.05, 0) is 24.8 Å². The minimum absolute atomic E-state index is 0.619. The normalized spacial score (nSPS) is 25.1. The summed E-state index contributed by atoms with van der Waals surface area (Å²) in [6.07, 6.45) is 5.85. The molecule has 2 aromatic rings. The van der Waals surface area contributed by atoms with Gasteiger partial charge in [-0.2, -0.15) is 5.10 Å². The van der Waals surface area contributed by atoms with Gasteiger partial charge in [-0.1, -0.05) is 25.5 Å². The molecule has 1 fully saturated rings. The molecule has 1 saturated carbocycles. The first-order valence-corrected chi connectivity index (χ1v) is 6.03. The Kier molecular flexibility index (Phi) is 2.31. The summed E-state index contributed by atoms with van der Waals surface area (Å²) in [5.74, 6) is 0.776. The summed E-state index contributed by atoms with van der Waals surface area (Å²) < 4.78 is 0. The Morgan fingerprint density at radius 2 is 2.31 bits per heavy atom. The van der Waals surface area contributed by atoms with Crippen molar-refractivity contribution in [3.63, 3.8) is 0 Å². The zero-order valence-electron chi connectivity index (χ0n) is 9.53. The van der Waals surface area contributed by atoms with Crippen LogP contribution in [0, 0.1) is 5.92 Å². The topological polar surface area (TPSA) is 40.7 Å². The second kappa shape index (κ2) is 3.81. The SMILES string of the molecule is CC1CCCC1Nc1cccc2cn[nH]c12. The highest BCUT2D eigenvalue weighted by Crippen LogP contribution is 2.30. The molecule has 3 rings (SSSR count). The Balaban J connectivity index is 1.91. The number of aromatic amines is 1. The third kappa shape index (κ3) is 1.56. The maximum atomic E-state index is 4.09. The molecule has 2 unspecified atom stereocenters. The highest BCUT2D eigenvalue weighted by molar-refractivity contribution is 5.90. The molecule has 0 radical (unpaired) electrons. The Bertz CT molecular complexity index is 489. The molecule has 16 heavy (non-hydrogen) atoms. The van der Waals surface area contributed by atoms with Crippen molar-refractivity contribution in [2.24, 2.45) is 5.92 Å². The van der Waals surface area contributed by atoms with Gasteiger partial charge in [0.25, 0.3) is 0 Å². The lowest BCUT2D eigenvalue weighted by atomic mass is 10.1. The Morgan fingerprint density at radius 1 is 1.38 bits per heavy atom. The van der Waals surface area contributed by atoms with Crippen LogP contribution in [0.5, 0.6) is 0 Å².